The number of likely N-dealkylation sites (tertiary alicyclic amines) is 1. The van der Waals surface area contributed by atoms with Crippen molar-refractivity contribution in [3.05, 3.63) is 20.8 Å². The number of nitrogens with one attached hydrogen (secondary N) is 1. The molecule has 0 atom stereocenters. The molecule has 5 heteroatoms. The second kappa shape index (κ2) is 5.44. The lowest BCUT2D eigenvalue weighted by atomic mass is 9.68. The summed E-state index contributed by atoms with van der Waals surface area (Å²) < 4.78 is 1.17. The van der Waals surface area contributed by atoms with Crippen LogP contribution in [0.15, 0.2) is 20.9 Å². The second-order valence-corrected chi connectivity index (χ2v) is 7.57. The van der Waals surface area contributed by atoms with Gasteiger partial charge in [0.05, 0.1) is 6.54 Å². The Labute approximate surface area is 127 Å². The number of hydrogen-bond acceptors (Lipinski definition) is 2. The quantitative estimate of drug-likeness (QED) is 0.658. The molecule has 0 unspecified atom stereocenters. The number of nitrogens with zero attached hydrogens (tertiary/aromatic N) is 2. The largest absolute Gasteiger partial charge is 0.351 e. The van der Waals surface area contributed by atoms with Gasteiger partial charge in [-0.1, -0.05) is 6.42 Å². The van der Waals surface area contributed by atoms with Crippen molar-refractivity contribution in [1.29, 1.82) is 0 Å². The minimum Gasteiger partial charge on any atom is -0.351 e. The summed E-state index contributed by atoms with van der Waals surface area (Å²) in [4.78, 5) is 8.21. The van der Waals surface area contributed by atoms with E-state index >= 15 is 0 Å². The molecule has 1 aromatic heterocycles. The van der Waals surface area contributed by atoms with Crippen molar-refractivity contribution in [2.24, 2.45) is 10.4 Å². The van der Waals surface area contributed by atoms with Crippen molar-refractivity contribution in [2.75, 3.05) is 20.1 Å². The Bertz CT molecular complexity index is 479. The summed E-state index contributed by atoms with van der Waals surface area (Å²) in [5, 5.41) is 5.62. The fourth-order valence-electron chi connectivity index (χ4n) is 3.15. The zero-order valence-electron chi connectivity index (χ0n) is 11.3. The van der Waals surface area contributed by atoms with E-state index in [0.717, 1.165) is 19.0 Å². The molecule has 1 aliphatic heterocycles. The zero-order valence-corrected chi connectivity index (χ0v) is 13.7. The first kappa shape index (κ1) is 13.4. The lowest BCUT2D eigenvalue weighted by Crippen LogP contribution is -2.42. The lowest BCUT2D eigenvalue weighted by Gasteiger charge is -2.38. The summed E-state index contributed by atoms with van der Waals surface area (Å²) >= 11 is 5.27. The fourth-order valence-corrected chi connectivity index (χ4v) is 4.54. The van der Waals surface area contributed by atoms with Gasteiger partial charge in [0.2, 0.25) is 0 Å². The summed E-state index contributed by atoms with van der Waals surface area (Å²) in [6.07, 6.45) is 5.60. The van der Waals surface area contributed by atoms with Gasteiger partial charge in [0.25, 0.3) is 0 Å². The molecule has 0 amide bonds. The van der Waals surface area contributed by atoms with E-state index in [4.69, 9.17) is 0 Å². The molecule has 1 N–H and O–H groups in total. The van der Waals surface area contributed by atoms with Gasteiger partial charge < -0.3 is 10.2 Å². The van der Waals surface area contributed by atoms with E-state index in [1.54, 1.807) is 11.3 Å². The minimum absolute atomic E-state index is 0.629. The van der Waals surface area contributed by atoms with Gasteiger partial charge in [0.15, 0.2) is 5.96 Å². The molecule has 2 fully saturated rings. The molecule has 1 saturated carbocycles. The molecule has 104 valence electrons. The number of aliphatic imine (C=N–C) groups is 1. The summed E-state index contributed by atoms with van der Waals surface area (Å²) in [6.45, 7) is 3.22. The molecule has 0 aromatic carbocycles. The number of hydrogen-bond donors (Lipinski definition) is 1. The summed E-state index contributed by atoms with van der Waals surface area (Å²) in [7, 11) is 1.89. The Hall–Kier alpha value is -0.550. The van der Waals surface area contributed by atoms with Crippen molar-refractivity contribution in [2.45, 2.75) is 32.2 Å². The average molecular weight is 342 g/mol. The molecular weight excluding hydrogens is 322 g/mol. The molecule has 19 heavy (non-hydrogen) atoms. The second-order valence-electron chi connectivity index (χ2n) is 5.66. The van der Waals surface area contributed by atoms with Gasteiger partial charge in [-0.05, 0) is 46.7 Å². The van der Waals surface area contributed by atoms with Crippen LogP contribution in [0.3, 0.4) is 0 Å². The third-order valence-corrected chi connectivity index (χ3v) is 6.10. The number of halogens is 1. The molecule has 1 aromatic rings. The zero-order chi connectivity index (χ0) is 13.3. The van der Waals surface area contributed by atoms with E-state index in [-0.39, 0.29) is 0 Å². The molecule has 0 bridgehead atoms. The lowest BCUT2D eigenvalue weighted by molar-refractivity contribution is 0.151. The Morgan fingerprint density at radius 2 is 2.37 bits per heavy atom. The van der Waals surface area contributed by atoms with E-state index in [1.807, 2.05) is 7.05 Å². The number of rotatable bonds is 2. The van der Waals surface area contributed by atoms with Crippen molar-refractivity contribution in [1.82, 2.24) is 10.2 Å². The van der Waals surface area contributed by atoms with Crippen LogP contribution in [-0.2, 0) is 6.54 Å². The van der Waals surface area contributed by atoms with Gasteiger partial charge in [-0.2, -0.15) is 0 Å². The maximum Gasteiger partial charge on any atom is 0.193 e. The van der Waals surface area contributed by atoms with Crippen molar-refractivity contribution >= 4 is 33.2 Å². The molecule has 1 spiro atoms. The van der Waals surface area contributed by atoms with Gasteiger partial charge in [0.1, 0.15) is 0 Å². The third kappa shape index (κ3) is 2.82. The molecule has 1 aliphatic carbocycles. The van der Waals surface area contributed by atoms with E-state index in [1.165, 1.54) is 41.6 Å². The molecule has 3 rings (SSSR count). The molecule has 2 heterocycles. The summed E-state index contributed by atoms with van der Waals surface area (Å²) in [5.74, 6) is 1.06. The molecule has 0 radical (unpaired) electrons. The Balaban J connectivity index is 1.56. The van der Waals surface area contributed by atoms with Crippen LogP contribution in [0.4, 0.5) is 0 Å². The van der Waals surface area contributed by atoms with Gasteiger partial charge in [-0.15, -0.1) is 11.3 Å². The first-order valence-corrected chi connectivity index (χ1v) is 8.57. The maximum atomic E-state index is 4.44. The van der Waals surface area contributed by atoms with E-state index in [2.05, 4.69) is 42.6 Å². The number of guanidine groups is 1. The fraction of sp³-hybridized carbons (Fsp3) is 0.643. The Morgan fingerprint density at radius 1 is 1.53 bits per heavy atom. The Morgan fingerprint density at radius 3 is 2.89 bits per heavy atom. The van der Waals surface area contributed by atoms with Crippen LogP contribution in [-0.4, -0.2) is 31.0 Å². The maximum absolute atomic E-state index is 4.44. The van der Waals surface area contributed by atoms with Crippen LogP contribution < -0.4 is 5.32 Å². The highest BCUT2D eigenvalue weighted by Gasteiger charge is 2.43. The van der Waals surface area contributed by atoms with Crippen molar-refractivity contribution in [3.63, 3.8) is 0 Å². The first-order chi connectivity index (χ1) is 9.21. The van der Waals surface area contributed by atoms with E-state index in [9.17, 15) is 0 Å². The van der Waals surface area contributed by atoms with Crippen LogP contribution in [0.1, 0.15) is 30.6 Å². The van der Waals surface area contributed by atoms with E-state index in [0.29, 0.717) is 5.41 Å². The topological polar surface area (TPSA) is 27.6 Å². The highest BCUT2D eigenvalue weighted by atomic mass is 79.9. The van der Waals surface area contributed by atoms with Gasteiger partial charge in [-0.25, -0.2) is 0 Å². The molecule has 2 aliphatic rings. The normalized spacial score (nSPS) is 21.8. The predicted molar refractivity (Wildman–Crippen MR) is 84.7 cm³/mol. The van der Waals surface area contributed by atoms with E-state index < -0.39 is 0 Å². The van der Waals surface area contributed by atoms with Crippen LogP contribution in [0, 0.1) is 5.41 Å². The SMILES string of the molecule is CN=C(NCc1cc(Br)cs1)N1CCC2(CCC2)C1. The number of thiophene rings is 1. The molecule has 3 nitrogen and oxygen atoms in total. The summed E-state index contributed by atoms with van der Waals surface area (Å²) in [6, 6.07) is 2.17. The van der Waals surface area contributed by atoms with Crippen LogP contribution >= 0.6 is 27.3 Å². The first-order valence-electron chi connectivity index (χ1n) is 6.89. The minimum atomic E-state index is 0.629. The van der Waals surface area contributed by atoms with Gasteiger partial charge in [0, 0.05) is 34.9 Å². The summed E-state index contributed by atoms with van der Waals surface area (Å²) in [5.41, 5.74) is 0.629. The standard InChI is InChI=1S/C14H20BrN3S/c1-16-13(17-8-12-7-11(15)9-19-12)18-6-5-14(10-18)3-2-4-14/h7,9H,2-6,8,10H2,1H3,(H,16,17). The van der Waals surface area contributed by atoms with Crippen LogP contribution in [0.2, 0.25) is 0 Å². The molecule has 1 saturated heterocycles. The molecular formula is C14H20BrN3S. The van der Waals surface area contributed by atoms with Crippen LogP contribution in [0.25, 0.3) is 0 Å². The van der Waals surface area contributed by atoms with Crippen LogP contribution in [0.5, 0.6) is 0 Å². The monoisotopic (exact) mass is 341 g/mol. The highest BCUT2D eigenvalue weighted by molar-refractivity contribution is 9.10. The highest BCUT2D eigenvalue weighted by Crippen LogP contribution is 2.47. The van der Waals surface area contributed by atoms with Gasteiger partial charge in [-0.3, -0.25) is 4.99 Å². The average Bonchev–Trinajstić information content (AvgIpc) is 2.96. The Kier molecular flexibility index (Phi) is 3.85. The predicted octanol–water partition coefficient (Wildman–Crippen LogP) is 3.46. The smallest absolute Gasteiger partial charge is 0.193 e. The van der Waals surface area contributed by atoms with Gasteiger partial charge >= 0.3 is 0 Å². The third-order valence-electron chi connectivity index (χ3n) is 4.41. The van der Waals surface area contributed by atoms with Crippen molar-refractivity contribution < 1.29 is 0 Å². The van der Waals surface area contributed by atoms with Crippen molar-refractivity contribution in [3.8, 4) is 0 Å².